The number of sulfone groups is 1. The van der Waals surface area contributed by atoms with Crippen molar-refractivity contribution in [3.63, 3.8) is 0 Å². The van der Waals surface area contributed by atoms with Gasteiger partial charge in [0, 0.05) is 38.6 Å². The molecule has 1 fully saturated rings. The number of aromatic nitrogens is 2. The Kier molecular flexibility index (Phi) is 4.54. The maximum atomic E-state index is 11.3. The van der Waals surface area contributed by atoms with Crippen LogP contribution in [0.1, 0.15) is 30.3 Å². The van der Waals surface area contributed by atoms with Gasteiger partial charge >= 0.3 is 0 Å². The fraction of sp³-hybridized carbons (Fsp3) is 0.786. The van der Waals surface area contributed by atoms with Crippen LogP contribution in [0.15, 0.2) is 6.07 Å². The SMILES string of the molecule is CS(=O)(=O)CC(O)c1cc2n(n1)CCN(C1CCOCC1)C2. The average Bonchev–Trinajstić information content (AvgIpc) is 2.89. The zero-order valence-corrected chi connectivity index (χ0v) is 13.6. The quantitative estimate of drug-likeness (QED) is 0.834. The molecule has 0 aromatic carbocycles. The molecule has 3 heterocycles. The smallest absolute Gasteiger partial charge is 0.150 e. The van der Waals surface area contributed by atoms with Crippen molar-refractivity contribution in [2.24, 2.45) is 0 Å². The Bertz CT molecular complexity index is 622. The van der Waals surface area contributed by atoms with E-state index in [-0.39, 0.29) is 5.75 Å². The number of hydrogen-bond acceptors (Lipinski definition) is 6. The molecule has 1 saturated heterocycles. The molecular weight excluding hydrogens is 306 g/mol. The Balaban J connectivity index is 1.69. The van der Waals surface area contributed by atoms with Crippen LogP contribution in [0.4, 0.5) is 0 Å². The van der Waals surface area contributed by atoms with Crippen LogP contribution in [0.5, 0.6) is 0 Å². The lowest BCUT2D eigenvalue weighted by molar-refractivity contribution is 0.0232. The zero-order chi connectivity index (χ0) is 15.7. The molecule has 22 heavy (non-hydrogen) atoms. The third kappa shape index (κ3) is 3.68. The largest absolute Gasteiger partial charge is 0.386 e. The van der Waals surface area contributed by atoms with Gasteiger partial charge in [-0.2, -0.15) is 5.10 Å². The van der Waals surface area contributed by atoms with Gasteiger partial charge in [0.25, 0.3) is 0 Å². The number of hydrogen-bond donors (Lipinski definition) is 1. The van der Waals surface area contributed by atoms with E-state index in [1.165, 1.54) is 0 Å². The maximum Gasteiger partial charge on any atom is 0.150 e. The second kappa shape index (κ2) is 6.27. The van der Waals surface area contributed by atoms with E-state index in [1.54, 1.807) is 0 Å². The van der Waals surface area contributed by atoms with Crippen LogP contribution in [-0.2, 0) is 27.7 Å². The summed E-state index contributed by atoms with van der Waals surface area (Å²) in [5, 5.41) is 14.4. The van der Waals surface area contributed by atoms with E-state index in [0.29, 0.717) is 11.7 Å². The van der Waals surface area contributed by atoms with Crippen LogP contribution < -0.4 is 0 Å². The molecule has 8 heteroatoms. The lowest BCUT2D eigenvalue weighted by atomic mass is 10.1. The van der Waals surface area contributed by atoms with E-state index in [4.69, 9.17) is 4.74 Å². The van der Waals surface area contributed by atoms with Crippen molar-refractivity contribution in [3.8, 4) is 0 Å². The first-order valence-electron chi connectivity index (χ1n) is 7.66. The van der Waals surface area contributed by atoms with Crippen molar-refractivity contribution < 1.29 is 18.3 Å². The second-order valence-electron chi connectivity index (χ2n) is 6.21. The lowest BCUT2D eigenvalue weighted by Crippen LogP contribution is -2.43. The zero-order valence-electron chi connectivity index (χ0n) is 12.8. The summed E-state index contributed by atoms with van der Waals surface area (Å²) in [6.07, 6.45) is 2.18. The molecule has 1 unspecified atom stereocenters. The molecule has 0 bridgehead atoms. The van der Waals surface area contributed by atoms with Gasteiger partial charge in [-0.25, -0.2) is 8.42 Å². The summed E-state index contributed by atoms with van der Waals surface area (Å²) in [4.78, 5) is 2.44. The highest BCUT2D eigenvalue weighted by Gasteiger charge is 2.27. The minimum atomic E-state index is -3.22. The van der Waals surface area contributed by atoms with Crippen LogP contribution in [-0.4, -0.2) is 66.0 Å². The number of nitrogens with zero attached hydrogens (tertiary/aromatic N) is 3. The van der Waals surface area contributed by atoms with Crippen molar-refractivity contribution in [2.75, 3.05) is 31.8 Å². The van der Waals surface area contributed by atoms with E-state index >= 15 is 0 Å². The van der Waals surface area contributed by atoms with Crippen molar-refractivity contribution in [1.82, 2.24) is 14.7 Å². The minimum Gasteiger partial charge on any atom is -0.386 e. The molecule has 0 amide bonds. The molecule has 1 aromatic rings. The Morgan fingerprint density at radius 2 is 2.14 bits per heavy atom. The molecule has 2 aliphatic rings. The minimum absolute atomic E-state index is 0.285. The molecule has 1 N–H and O–H groups in total. The third-order valence-corrected chi connectivity index (χ3v) is 5.28. The van der Waals surface area contributed by atoms with E-state index in [0.717, 1.165) is 57.6 Å². The summed E-state index contributed by atoms with van der Waals surface area (Å²) in [5.74, 6) is -0.285. The molecule has 3 rings (SSSR count). The van der Waals surface area contributed by atoms with Gasteiger partial charge in [0.05, 0.1) is 23.7 Å². The Morgan fingerprint density at radius 3 is 2.82 bits per heavy atom. The Labute approximate surface area is 130 Å². The van der Waals surface area contributed by atoms with Crippen molar-refractivity contribution in [3.05, 3.63) is 17.5 Å². The van der Waals surface area contributed by atoms with Crippen LogP contribution in [0.25, 0.3) is 0 Å². The van der Waals surface area contributed by atoms with Crippen LogP contribution in [0.3, 0.4) is 0 Å². The monoisotopic (exact) mass is 329 g/mol. The van der Waals surface area contributed by atoms with Crippen LogP contribution >= 0.6 is 0 Å². The van der Waals surface area contributed by atoms with Gasteiger partial charge in [-0.15, -0.1) is 0 Å². The predicted octanol–water partition coefficient (Wildman–Crippen LogP) is -0.0443. The Hall–Kier alpha value is -0.960. The van der Waals surface area contributed by atoms with Crippen molar-refractivity contribution >= 4 is 9.84 Å². The summed E-state index contributed by atoms with van der Waals surface area (Å²) < 4.78 is 29.9. The summed E-state index contributed by atoms with van der Waals surface area (Å²) in [5.41, 5.74) is 1.49. The molecule has 1 aromatic heterocycles. The lowest BCUT2D eigenvalue weighted by Gasteiger charge is -2.36. The van der Waals surface area contributed by atoms with Gasteiger partial charge in [-0.3, -0.25) is 9.58 Å². The average molecular weight is 329 g/mol. The highest BCUT2D eigenvalue weighted by Crippen LogP contribution is 2.23. The molecule has 1 atom stereocenters. The van der Waals surface area contributed by atoms with E-state index in [2.05, 4.69) is 10.00 Å². The highest BCUT2D eigenvalue weighted by molar-refractivity contribution is 7.90. The van der Waals surface area contributed by atoms with Gasteiger partial charge in [-0.05, 0) is 18.9 Å². The standard InChI is InChI=1S/C14H23N3O4S/c1-22(19,20)10-14(18)13-8-12-9-16(4-5-17(12)15-13)11-2-6-21-7-3-11/h8,11,14,18H,2-7,9-10H2,1H3. The van der Waals surface area contributed by atoms with Gasteiger partial charge in [0.15, 0.2) is 0 Å². The predicted molar refractivity (Wildman–Crippen MR) is 81.1 cm³/mol. The number of fused-ring (bicyclic) bond motifs is 1. The fourth-order valence-electron chi connectivity index (χ4n) is 3.21. The Morgan fingerprint density at radius 1 is 1.41 bits per heavy atom. The van der Waals surface area contributed by atoms with Crippen molar-refractivity contribution in [1.29, 1.82) is 0 Å². The third-order valence-electron chi connectivity index (χ3n) is 4.36. The van der Waals surface area contributed by atoms with Crippen LogP contribution in [0.2, 0.25) is 0 Å². The number of aliphatic hydroxyl groups is 1. The fourth-order valence-corrected chi connectivity index (χ4v) is 3.95. The van der Waals surface area contributed by atoms with Gasteiger partial charge in [-0.1, -0.05) is 0 Å². The molecule has 0 radical (unpaired) electrons. The number of aliphatic hydroxyl groups excluding tert-OH is 1. The molecule has 0 saturated carbocycles. The van der Waals surface area contributed by atoms with E-state index in [1.807, 2.05) is 10.7 Å². The first kappa shape index (κ1) is 15.9. The highest BCUT2D eigenvalue weighted by atomic mass is 32.2. The molecule has 0 spiro atoms. The molecule has 7 nitrogen and oxygen atoms in total. The molecule has 2 aliphatic heterocycles. The normalized spacial score (nSPS) is 22.5. The summed E-state index contributed by atoms with van der Waals surface area (Å²) in [6, 6.07) is 2.38. The summed E-state index contributed by atoms with van der Waals surface area (Å²) in [7, 11) is -3.22. The van der Waals surface area contributed by atoms with Gasteiger partial charge in [0.1, 0.15) is 15.9 Å². The summed E-state index contributed by atoms with van der Waals surface area (Å²) in [6.45, 7) is 4.14. The van der Waals surface area contributed by atoms with E-state index in [9.17, 15) is 13.5 Å². The second-order valence-corrected chi connectivity index (χ2v) is 8.39. The van der Waals surface area contributed by atoms with Gasteiger partial charge in [0.2, 0.25) is 0 Å². The first-order chi connectivity index (χ1) is 10.4. The van der Waals surface area contributed by atoms with Crippen LogP contribution in [0, 0.1) is 0 Å². The first-order valence-corrected chi connectivity index (χ1v) is 9.72. The number of ether oxygens (including phenoxy) is 1. The molecule has 124 valence electrons. The van der Waals surface area contributed by atoms with Gasteiger partial charge < -0.3 is 9.84 Å². The maximum absolute atomic E-state index is 11.3. The molecule has 0 aliphatic carbocycles. The topological polar surface area (TPSA) is 84.7 Å². The molecular formula is C14H23N3O4S. The van der Waals surface area contributed by atoms with Crippen molar-refractivity contribution in [2.45, 2.75) is 38.1 Å². The van der Waals surface area contributed by atoms with E-state index < -0.39 is 15.9 Å². The summed E-state index contributed by atoms with van der Waals surface area (Å²) >= 11 is 0. The number of rotatable bonds is 4.